The third-order valence-corrected chi connectivity index (χ3v) is 5.91. The van der Waals surface area contributed by atoms with E-state index in [0.29, 0.717) is 5.75 Å². The first-order chi connectivity index (χ1) is 16.5. The van der Waals surface area contributed by atoms with E-state index < -0.39 is 54.0 Å². The number of aliphatic carboxylic acids is 1. The molecule has 0 aliphatic heterocycles. The van der Waals surface area contributed by atoms with Crippen LogP contribution in [0, 0.1) is 5.92 Å². The maximum Gasteiger partial charge on any atom is 0.326 e. The Balaban J connectivity index is 2.90. The molecule has 11 heteroatoms. The van der Waals surface area contributed by atoms with Crippen LogP contribution in [0.4, 0.5) is 0 Å². The fourth-order valence-corrected chi connectivity index (χ4v) is 3.83. The fourth-order valence-electron chi connectivity index (χ4n) is 3.36. The van der Waals surface area contributed by atoms with Gasteiger partial charge in [-0.25, -0.2) is 4.79 Å². The van der Waals surface area contributed by atoms with Crippen LogP contribution >= 0.6 is 11.8 Å². The SMILES string of the molecule is CSCCC(NC(=O)C(N)Cc1ccccc1)C(=O)NC(C(=O)NC(CC(C)C)C(=O)O)C(C)O. The summed E-state index contributed by atoms with van der Waals surface area (Å²) in [6.45, 7) is 4.95. The van der Waals surface area contributed by atoms with E-state index in [-0.39, 0.29) is 25.2 Å². The van der Waals surface area contributed by atoms with Crippen LogP contribution in [0.1, 0.15) is 39.2 Å². The Kier molecular flexibility index (Phi) is 13.4. The monoisotopic (exact) mass is 510 g/mol. The standard InChI is InChI=1S/C24H38N4O6S/c1-14(2)12-19(24(33)34)27-23(32)20(15(3)29)28-22(31)18(10-11-35-4)26-21(30)17(25)13-16-8-6-5-7-9-16/h5-9,14-15,17-20,29H,10-13,25H2,1-4H3,(H,26,30)(H,27,32)(H,28,31)(H,33,34). The molecular weight excluding hydrogens is 472 g/mol. The normalized spacial score (nSPS) is 15.4. The van der Waals surface area contributed by atoms with Crippen molar-refractivity contribution in [1.29, 1.82) is 0 Å². The summed E-state index contributed by atoms with van der Waals surface area (Å²) in [7, 11) is 0. The van der Waals surface area contributed by atoms with E-state index in [1.54, 1.807) is 0 Å². The van der Waals surface area contributed by atoms with Crippen molar-refractivity contribution in [2.45, 2.75) is 70.3 Å². The molecule has 196 valence electrons. The van der Waals surface area contributed by atoms with Gasteiger partial charge in [0.05, 0.1) is 12.1 Å². The average Bonchev–Trinajstić information content (AvgIpc) is 2.79. The van der Waals surface area contributed by atoms with Crippen LogP contribution in [0.2, 0.25) is 0 Å². The number of hydrogen-bond donors (Lipinski definition) is 6. The summed E-state index contributed by atoms with van der Waals surface area (Å²) in [5.74, 6) is -2.67. The highest BCUT2D eigenvalue weighted by atomic mass is 32.2. The number of carboxylic acids is 1. The van der Waals surface area contributed by atoms with Gasteiger partial charge in [0.2, 0.25) is 17.7 Å². The minimum Gasteiger partial charge on any atom is -0.480 e. The van der Waals surface area contributed by atoms with Gasteiger partial charge in [0, 0.05) is 0 Å². The summed E-state index contributed by atoms with van der Waals surface area (Å²) in [6.07, 6.45) is 1.30. The Labute approximate surface area is 210 Å². The van der Waals surface area contributed by atoms with Crippen LogP contribution in [-0.2, 0) is 25.6 Å². The number of benzene rings is 1. The number of carbonyl (C=O) groups is 4. The molecule has 5 unspecified atom stereocenters. The van der Waals surface area contributed by atoms with Gasteiger partial charge >= 0.3 is 5.97 Å². The van der Waals surface area contributed by atoms with E-state index in [0.717, 1.165) is 5.56 Å². The van der Waals surface area contributed by atoms with Crippen LogP contribution in [0.15, 0.2) is 30.3 Å². The number of carboxylic acid groups (broad SMARTS) is 1. The maximum atomic E-state index is 13.0. The molecule has 0 aliphatic carbocycles. The van der Waals surface area contributed by atoms with Gasteiger partial charge in [-0.3, -0.25) is 14.4 Å². The summed E-state index contributed by atoms with van der Waals surface area (Å²) < 4.78 is 0. The van der Waals surface area contributed by atoms with E-state index in [4.69, 9.17) is 5.73 Å². The Bertz CT molecular complexity index is 837. The Hall–Kier alpha value is -2.63. The number of thioether (sulfide) groups is 1. The van der Waals surface area contributed by atoms with Crippen LogP contribution in [-0.4, -0.2) is 76.2 Å². The smallest absolute Gasteiger partial charge is 0.326 e. The highest BCUT2D eigenvalue weighted by Crippen LogP contribution is 2.08. The molecule has 10 nitrogen and oxygen atoms in total. The summed E-state index contributed by atoms with van der Waals surface area (Å²) in [5, 5.41) is 27.0. The van der Waals surface area contributed by atoms with Crippen LogP contribution in [0.5, 0.6) is 0 Å². The summed E-state index contributed by atoms with van der Waals surface area (Å²) in [5.41, 5.74) is 6.91. The number of amides is 3. The third kappa shape index (κ3) is 11.1. The third-order valence-electron chi connectivity index (χ3n) is 5.26. The molecule has 0 fully saturated rings. The summed E-state index contributed by atoms with van der Waals surface area (Å²) in [6, 6.07) is 4.79. The lowest BCUT2D eigenvalue weighted by atomic mass is 10.0. The van der Waals surface area contributed by atoms with Crippen molar-refractivity contribution >= 4 is 35.5 Å². The largest absolute Gasteiger partial charge is 0.480 e. The second kappa shape index (κ2) is 15.4. The van der Waals surface area contributed by atoms with Gasteiger partial charge in [0.1, 0.15) is 18.1 Å². The van der Waals surface area contributed by atoms with Crippen molar-refractivity contribution in [1.82, 2.24) is 16.0 Å². The van der Waals surface area contributed by atoms with Gasteiger partial charge in [-0.1, -0.05) is 44.2 Å². The molecule has 1 aromatic carbocycles. The number of aliphatic hydroxyl groups excluding tert-OH is 1. The lowest BCUT2D eigenvalue weighted by Crippen LogP contribution is -2.60. The number of nitrogens with two attached hydrogens (primary N) is 1. The first-order valence-electron chi connectivity index (χ1n) is 11.6. The first-order valence-corrected chi connectivity index (χ1v) is 13.0. The van der Waals surface area contributed by atoms with Crippen molar-refractivity contribution < 1.29 is 29.4 Å². The zero-order valence-electron chi connectivity index (χ0n) is 20.7. The lowest BCUT2D eigenvalue weighted by molar-refractivity contribution is -0.143. The lowest BCUT2D eigenvalue weighted by Gasteiger charge is -2.27. The molecule has 0 aromatic heterocycles. The highest BCUT2D eigenvalue weighted by Gasteiger charge is 2.32. The van der Waals surface area contributed by atoms with Crippen molar-refractivity contribution in [2.75, 3.05) is 12.0 Å². The molecule has 0 saturated carbocycles. The molecule has 0 radical (unpaired) electrons. The van der Waals surface area contributed by atoms with Crippen LogP contribution in [0.3, 0.4) is 0 Å². The molecular formula is C24H38N4O6S. The number of rotatable bonds is 15. The van der Waals surface area contributed by atoms with Crippen LogP contribution in [0.25, 0.3) is 0 Å². The molecule has 1 rings (SSSR count). The zero-order valence-corrected chi connectivity index (χ0v) is 21.5. The first kappa shape index (κ1) is 30.4. The molecule has 0 bridgehead atoms. The van der Waals surface area contributed by atoms with Crippen LogP contribution < -0.4 is 21.7 Å². The molecule has 1 aromatic rings. The summed E-state index contributed by atoms with van der Waals surface area (Å²) >= 11 is 1.48. The van der Waals surface area contributed by atoms with E-state index in [1.807, 2.05) is 50.4 Å². The fraction of sp³-hybridized carbons (Fsp3) is 0.583. The number of carbonyl (C=O) groups excluding carboxylic acids is 3. The van der Waals surface area contributed by atoms with Gasteiger partial charge in [-0.15, -0.1) is 0 Å². The van der Waals surface area contributed by atoms with E-state index in [1.165, 1.54) is 18.7 Å². The van der Waals surface area contributed by atoms with Crippen molar-refractivity contribution in [2.24, 2.45) is 11.7 Å². The molecule has 35 heavy (non-hydrogen) atoms. The van der Waals surface area contributed by atoms with E-state index in [9.17, 15) is 29.4 Å². The highest BCUT2D eigenvalue weighted by molar-refractivity contribution is 7.98. The molecule has 3 amide bonds. The predicted molar refractivity (Wildman–Crippen MR) is 136 cm³/mol. The number of nitrogens with one attached hydrogen (secondary N) is 3. The number of hydrogen-bond acceptors (Lipinski definition) is 7. The Morgan fingerprint density at radius 1 is 0.943 bits per heavy atom. The Morgan fingerprint density at radius 3 is 2.06 bits per heavy atom. The Morgan fingerprint density at radius 2 is 1.54 bits per heavy atom. The average molecular weight is 511 g/mol. The van der Waals surface area contributed by atoms with Crippen molar-refractivity contribution in [3.05, 3.63) is 35.9 Å². The molecule has 0 saturated heterocycles. The molecule has 0 spiro atoms. The van der Waals surface area contributed by atoms with Gasteiger partial charge in [-0.05, 0) is 49.7 Å². The maximum absolute atomic E-state index is 13.0. The van der Waals surface area contributed by atoms with E-state index in [2.05, 4.69) is 16.0 Å². The molecule has 0 heterocycles. The molecule has 7 N–H and O–H groups in total. The topological polar surface area (TPSA) is 171 Å². The van der Waals surface area contributed by atoms with Crippen molar-refractivity contribution in [3.8, 4) is 0 Å². The quantitative estimate of drug-likeness (QED) is 0.195. The number of aliphatic hydroxyl groups is 1. The minimum absolute atomic E-state index is 0.00206. The second-order valence-corrected chi connectivity index (χ2v) is 9.88. The summed E-state index contributed by atoms with van der Waals surface area (Å²) in [4.78, 5) is 49.9. The molecule has 5 atom stereocenters. The van der Waals surface area contributed by atoms with Gasteiger partial charge in [0.25, 0.3) is 0 Å². The minimum atomic E-state index is -1.40. The van der Waals surface area contributed by atoms with E-state index >= 15 is 0 Å². The van der Waals surface area contributed by atoms with Gasteiger partial charge in [0.15, 0.2) is 0 Å². The van der Waals surface area contributed by atoms with Gasteiger partial charge in [-0.2, -0.15) is 11.8 Å². The molecule has 0 aliphatic rings. The second-order valence-electron chi connectivity index (χ2n) is 8.89. The van der Waals surface area contributed by atoms with Gasteiger partial charge < -0.3 is 31.9 Å². The van der Waals surface area contributed by atoms with Crippen molar-refractivity contribution in [3.63, 3.8) is 0 Å². The predicted octanol–water partition coefficient (Wildman–Crippen LogP) is 0.275. The zero-order chi connectivity index (χ0) is 26.5.